The van der Waals surface area contributed by atoms with Crippen LogP contribution in [0.3, 0.4) is 0 Å². The summed E-state index contributed by atoms with van der Waals surface area (Å²) in [5, 5.41) is 6.53. The molecule has 0 amide bonds. The van der Waals surface area contributed by atoms with Crippen molar-refractivity contribution in [2.24, 2.45) is 0 Å². The van der Waals surface area contributed by atoms with Crippen LogP contribution in [0.25, 0.3) is 11.0 Å². The van der Waals surface area contributed by atoms with E-state index in [1.807, 2.05) is 34.0 Å². The zero-order chi connectivity index (χ0) is 19.2. The standard InChI is InChI=1S/C23H21BOS3/c1-25-14-13-19(18-8-3-2-4-9-18)23(20-10-5-15-26-20)24(21-11-6-16-27-21)22-12-7-17-28-22/h2-12,15-17H,13-14H2,1H3/b23-19+. The van der Waals surface area contributed by atoms with Crippen molar-refractivity contribution in [1.82, 2.24) is 0 Å². The molecule has 28 heavy (non-hydrogen) atoms. The van der Waals surface area contributed by atoms with Crippen molar-refractivity contribution in [3.63, 3.8) is 0 Å². The van der Waals surface area contributed by atoms with Crippen LogP contribution in [0.4, 0.5) is 0 Å². The first-order valence-corrected chi connectivity index (χ1v) is 11.9. The summed E-state index contributed by atoms with van der Waals surface area (Å²) < 4.78 is 8.27. The maximum absolute atomic E-state index is 5.50. The van der Waals surface area contributed by atoms with Gasteiger partial charge < -0.3 is 4.74 Å². The van der Waals surface area contributed by atoms with E-state index in [2.05, 4.69) is 82.9 Å². The van der Waals surface area contributed by atoms with Gasteiger partial charge in [-0.2, -0.15) is 22.7 Å². The van der Waals surface area contributed by atoms with Crippen LogP contribution in [0.2, 0.25) is 0 Å². The van der Waals surface area contributed by atoms with E-state index in [4.69, 9.17) is 4.74 Å². The van der Waals surface area contributed by atoms with Crippen LogP contribution in [-0.2, 0) is 4.74 Å². The van der Waals surface area contributed by atoms with Gasteiger partial charge in [0.25, 0.3) is 6.71 Å². The molecule has 0 aliphatic rings. The number of hydrogen-bond acceptors (Lipinski definition) is 4. The molecule has 4 aromatic rings. The van der Waals surface area contributed by atoms with E-state index >= 15 is 0 Å². The normalized spacial score (nSPS) is 12.0. The van der Waals surface area contributed by atoms with Crippen LogP contribution in [0, 0.1) is 0 Å². The highest BCUT2D eigenvalue weighted by atomic mass is 32.1. The number of hydrogen-bond donors (Lipinski definition) is 0. The van der Waals surface area contributed by atoms with Gasteiger partial charge >= 0.3 is 0 Å². The Labute approximate surface area is 179 Å². The zero-order valence-corrected chi connectivity index (χ0v) is 18.2. The maximum atomic E-state index is 5.50. The van der Waals surface area contributed by atoms with E-state index in [0.29, 0.717) is 6.61 Å². The first kappa shape index (κ1) is 19.4. The second-order valence-electron chi connectivity index (χ2n) is 6.44. The van der Waals surface area contributed by atoms with Gasteiger partial charge in [-0.1, -0.05) is 60.7 Å². The van der Waals surface area contributed by atoms with Gasteiger partial charge in [0.1, 0.15) is 0 Å². The molecule has 1 nitrogen and oxygen atoms in total. The second-order valence-corrected chi connectivity index (χ2v) is 9.35. The lowest BCUT2D eigenvalue weighted by molar-refractivity contribution is 0.206. The molecule has 0 aliphatic carbocycles. The number of methoxy groups -OCH3 is 1. The number of benzene rings is 1. The van der Waals surface area contributed by atoms with E-state index in [-0.39, 0.29) is 6.71 Å². The molecule has 1 aromatic carbocycles. The zero-order valence-electron chi connectivity index (χ0n) is 15.7. The molecule has 5 heteroatoms. The number of ether oxygens (including phenoxy) is 1. The average molecular weight is 420 g/mol. The second kappa shape index (κ2) is 9.53. The van der Waals surface area contributed by atoms with E-state index in [1.54, 1.807) is 7.11 Å². The molecule has 0 atom stereocenters. The van der Waals surface area contributed by atoms with Crippen molar-refractivity contribution in [2.75, 3.05) is 13.7 Å². The molecule has 0 fully saturated rings. The lowest BCUT2D eigenvalue weighted by atomic mass is 9.41. The predicted octanol–water partition coefficient (Wildman–Crippen LogP) is 5.67. The third-order valence-corrected chi connectivity index (χ3v) is 7.51. The molecule has 140 valence electrons. The minimum absolute atomic E-state index is 0.241. The van der Waals surface area contributed by atoms with Crippen molar-refractivity contribution in [3.05, 3.63) is 93.3 Å². The van der Waals surface area contributed by atoms with Gasteiger partial charge in [0.15, 0.2) is 0 Å². The van der Waals surface area contributed by atoms with Crippen molar-refractivity contribution < 1.29 is 4.74 Å². The molecule has 0 N–H and O–H groups in total. The minimum Gasteiger partial charge on any atom is -0.384 e. The van der Waals surface area contributed by atoms with Crippen LogP contribution < -0.4 is 9.55 Å². The van der Waals surface area contributed by atoms with Gasteiger partial charge in [-0.3, -0.25) is 0 Å². The highest BCUT2D eigenvalue weighted by molar-refractivity contribution is 7.35. The molecule has 3 aromatic heterocycles. The van der Waals surface area contributed by atoms with E-state index in [0.717, 1.165) is 6.42 Å². The van der Waals surface area contributed by atoms with E-state index in [9.17, 15) is 0 Å². The largest absolute Gasteiger partial charge is 0.384 e. The fourth-order valence-electron chi connectivity index (χ4n) is 3.51. The van der Waals surface area contributed by atoms with Crippen molar-refractivity contribution >= 4 is 61.3 Å². The van der Waals surface area contributed by atoms with Gasteiger partial charge in [-0.25, -0.2) is 0 Å². The monoisotopic (exact) mass is 420 g/mol. The van der Waals surface area contributed by atoms with Crippen LogP contribution in [-0.4, -0.2) is 20.4 Å². The molecule has 0 aliphatic heterocycles. The summed E-state index contributed by atoms with van der Waals surface area (Å²) in [6.45, 7) is 0.950. The molecule has 0 spiro atoms. The molecule has 0 bridgehead atoms. The Bertz CT molecular complexity index is 954. The summed E-state index contributed by atoms with van der Waals surface area (Å²) in [7, 11) is 1.78. The van der Waals surface area contributed by atoms with Crippen molar-refractivity contribution in [1.29, 1.82) is 0 Å². The smallest absolute Gasteiger partial charge is 0.268 e. The molecular weight excluding hydrogens is 399 g/mol. The molecule has 3 heterocycles. The lowest BCUT2D eigenvalue weighted by Crippen LogP contribution is -2.40. The average Bonchev–Trinajstić information content (AvgIpc) is 3.51. The van der Waals surface area contributed by atoms with Gasteiger partial charge in [-0.05, 0) is 54.8 Å². The fourth-order valence-corrected chi connectivity index (χ4v) is 6.12. The molecule has 0 saturated heterocycles. The van der Waals surface area contributed by atoms with E-state index in [1.165, 1.54) is 31.0 Å². The summed E-state index contributed by atoms with van der Waals surface area (Å²) in [6.07, 6.45) is 0.890. The molecule has 0 saturated carbocycles. The minimum atomic E-state index is 0.241. The molecule has 4 rings (SSSR count). The van der Waals surface area contributed by atoms with E-state index < -0.39 is 0 Å². The number of thiophene rings is 3. The highest BCUT2D eigenvalue weighted by Crippen LogP contribution is 2.34. The summed E-state index contributed by atoms with van der Waals surface area (Å²) in [5.74, 6) is 0. The Hall–Kier alpha value is -1.92. The van der Waals surface area contributed by atoms with Crippen molar-refractivity contribution in [2.45, 2.75) is 6.42 Å². The summed E-state index contributed by atoms with van der Waals surface area (Å²) in [6, 6.07) is 24.0. The topological polar surface area (TPSA) is 9.23 Å². The van der Waals surface area contributed by atoms with Crippen LogP contribution >= 0.6 is 34.0 Å². The third kappa shape index (κ3) is 4.23. The highest BCUT2D eigenvalue weighted by Gasteiger charge is 2.30. The van der Waals surface area contributed by atoms with Gasteiger partial charge in [-0.15, -0.1) is 11.3 Å². The Balaban J connectivity index is 1.98. The number of rotatable bonds is 8. The SMILES string of the molecule is COCC/C(=C(\B(c1cccs1)c1cccs1)c1cccs1)c1ccccc1. The predicted molar refractivity (Wildman–Crippen MR) is 128 cm³/mol. The molecule has 0 unspecified atom stereocenters. The van der Waals surface area contributed by atoms with Crippen molar-refractivity contribution in [3.8, 4) is 0 Å². The first-order chi connectivity index (χ1) is 13.9. The Morgan fingerprint density at radius 3 is 1.96 bits per heavy atom. The first-order valence-electron chi connectivity index (χ1n) is 9.26. The Kier molecular flexibility index (Phi) is 6.60. The summed E-state index contributed by atoms with van der Waals surface area (Å²) >= 11 is 5.50. The van der Waals surface area contributed by atoms with Crippen LogP contribution in [0.1, 0.15) is 16.9 Å². The molecular formula is C23H21BOS3. The summed E-state index contributed by atoms with van der Waals surface area (Å²) in [5.41, 5.74) is 4.06. The van der Waals surface area contributed by atoms with Gasteiger partial charge in [0, 0.05) is 12.0 Å². The van der Waals surface area contributed by atoms with Crippen LogP contribution in [0.5, 0.6) is 0 Å². The third-order valence-electron chi connectivity index (χ3n) is 4.73. The fraction of sp³-hybridized carbons (Fsp3) is 0.130. The van der Waals surface area contributed by atoms with Gasteiger partial charge in [0.2, 0.25) is 0 Å². The van der Waals surface area contributed by atoms with Gasteiger partial charge in [0.05, 0.1) is 6.61 Å². The Morgan fingerprint density at radius 1 is 0.786 bits per heavy atom. The lowest BCUT2D eigenvalue weighted by Gasteiger charge is -2.21. The van der Waals surface area contributed by atoms with Crippen LogP contribution in [0.15, 0.2) is 82.9 Å². The Morgan fingerprint density at radius 2 is 1.43 bits per heavy atom. The summed E-state index contributed by atoms with van der Waals surface area (Å²) in [4.78, 5) is 1.33. The maximum Gasteiger partial charge on any atom is 0.268 e. The quantitative estimate of drug-likeness (QED) is 0.334. The molecule has 0 radical (unpaired) electrons.